The molecule has 0 radical (unpaired) electrons. The third-order valence-corrected chi connectivity index (χ3v) is 13.6. The van der Waals surface area contributed by atoms with Crippen LogP contribution in [0.25, 0.3) is 58.9 Å². The summed E-state index contributed by atoms with van der Waals surface area (Å²) >= 11 is 1.84. The van der Waals surface area contributed by atoms with E-state index in [4.69, 9.17) is 9.72 Å². The highest BCUT2D eigenvalue weighted by Gasteiger charge is 2.31. The van der Waals surface area contributed by atoms with Crippen molar-refractivity contribution in [1.29, 1.82) is 0 Å². The van der Waals surface area contributed by atoms with Crippen LogP contribution in [0.4, 0.5) is 22.7 Å². The number of aromatic nitrogens is 2. The van der Waals surface area contributed by atoms with Crippen molar-refractivity contribution in [2.45, 2.75) is 52.4 Å². The van der Waals surface area contributed by atoms with Crippen LogP contribution in [0.15, 0.2) is 170 Å². The van der Waals surface area contributed by atoms with Crippen molar-refractivity contribution in [3.63, 3.8) is 0 Å². The molecule has 0 bridgehead atoms. The zero-order chi connectivity index (χ0) is 42.3. The molecule has 0 fully saturated rings. The van der Waals surface area contributed by atoms with Crippen LogP contribution < -0.4 is 14.5 Å². The van der Waals surface area contributed by atoms with E-state index in [1.165, 1.54) is 70.1 Å². The topological polar surface area (TPSA) is 33.5 Å². The lowest BCUT2D eigenvalue weighted by Gasteiger charge is -2.29. The number of rotatable bonds is 6. The van der Waals surface area contributed by atoms with Gasteiger partial charge in [-0.1, -0.05) is 126 Å². The lowest BCUT2D eigenvalue weighted by Crippen LogP contribution is -2.25. The maximum absolute atomic E-state index is 6.82. The summed E-state index contributed by atoms with van der Waals surface area (Å²) in [5, 5.41) is 4.93. The van der Waals surface area contributed by atoms with E-state index >= 15 is 0 Å². The number of fused-ring (bicyclic) bond motifs is 8. The Hall–Kier alpha value is -6.89. The van der Waals surface area contributed by atoms with Crippen LogP contribution in [0, 0.1) is 0 Å². The fourth-order valence-electron chi connectivity index (χ4n) is 9.04. The molecule has 0 amide bonds. The molecule has 0 saturated heterocycles. The second kappa shape index (κ2) is 14.4. The molecular formula is C56H48N4OS. The molecule has 1 aliphatic rings. The first-order chi connectivity index (χ1) is 30.0. The molecule has 11 rings (SSSR count). The number of benzene rings is 7. The highest BCUT2D eigenvalue weighted by atomic mass is 32.1. The van der Waals surface area contributed by atoms with Gasteiger partial charge in [-0.15, -0.1) is 11.3 Å². The minimum atomic E-state index is -0.00409. The van der Waals surface area contributed by atoms with Gasteiger partial charge in [-0.05, 0) is 111 Å². The SMILES string of the molecule is CC(C)(C)c1cc(N2CN(c3cccc(Oc4ccc5c6sc7ccc8ccccc8c7c6n(-c6ccccn6)c5c4)c3)c3ccc(-c4ccccc4)cc32)cc(C(C)(C)C)c1. The Balaban J connectivity index is 1.00. The molecule has 304 valence electrons. The van der Waals surface area contributed by atoms with Crippen molar-refractivity contribution >= 4 is 76.1 Å². The van der Waals surface area contributed by atoms with Crippen molar-refractivity contribution in [2.24, 2.45) is 0 Å². The van der Waals surface area contributed by atoms with Gasteiger partial charge in [0.05, 0.1) is 27.1 Å². The molecule has 10 aromatic rings. The van der Waals surface area contributed by atoms with Gasteiger partial charge in [0.1, 0.15) is 24.0 Å². The number of nitrogens with zero attached hydrogens (tertiary/aromatic N) is 4. The summed E-state index contributed by atoms with van der Waals surface area (Å²) in [5.41, 5.74) is 11.9. The van der Waals surface area contributed by atoms with Crippen LogP contribution in [0.2, 0.25) is 0 Å². The van der Waals surface area contributed by atoms with Crippen LogP contribution >= 0.6 is 11.3 Å². The molecule has 0 aliphatic carbocycles. The first kappa shape index (κ1) is 38.1. The first-order valence-corrected chi connectivity index (χ1v) is 22.3. The van der Waals surface area contributed by atoms with Gasteiger partial charge in [-0.2, -0.15) is 0 Å². The van der Waals surface area contributed by atoms with Gasteiger partial charge in [0, 0.05) is 45.2 Å². The minimum Gasteiger partial charge on any atom is -0.457 e. The average molecular weight is 825 g/mol. The highest BCUT2D eigenvalue weighted by molar-refractivity contribution is 7.27. The third kappa shape index (κ3) is 6.49. The van der Waals surface area contributed by atoms with Gasteiger partial charge < -0.3 is 14.5 Å². The van der Waals surface area contributed by atoms with Gasteiger partial charge in [0.25, 0.3) is 0 Å². The van der Waals surface area contributed by atoms with Crippen molar-refractivity contribution < 1.29 is 4.74 Å². The van der Waals surface area contributed by atoms with E-state index in [0.717, 1.165) is 34.2 Å². The van der Waals surface area contributed by atoms with Crippen LogP contribution in [0.5, 0.6) is 11.5 Å². The van der Waals surface area contributed by atoms with Crippen molar-refractivity contribution in [1.82, 2.24) is 9.55 Å². The lowest BCUT2D eigenvalue weighted by molar-refractivity contribution is 0.483. The molecule has 0 unspecified atom stereocenters. The number of pyridine rings is 1. The first-order valence-electron chi connectivity index (χ1n) is 21.5. The zero-order valence-corrected chi connectivity index (χ0v) is 36.8. The summed E-state index contributed by atoms with van der Waals surface area (Å²) in [6.07, 6.45) is 1.87. The number of ether oxygens (including phenoxy) is 1. The van der Waals surface area contributed by atoms with E-state index < -0.39 is 0 Å². The number of thiophene rings is 1. The predicted octanol–water partition coefficient (Wildman–Crippen LogP) is 15.8. The Kier molecular flexibility index (Phi) is 8.81. The van der Waals surface area contributed by atoms with Gasteiger partial charge in [-0.3, -0.25) is 4.57 Å². The van der Waals surface area contributed by atoms with Gasteiger partial charge in [-0.25, -0.2) is 4.98 Å². The normalized spacial score (nSPS) is 13.2. The minimum absolute atomic E-state index is 0.00409. The molecule has 0 saturated carbocycles. The van der Waals surface area contributed by atoms with E-state index in [-0.39, 0.29) is 10.8 Å². The maximum Gasteiger partial charge on any atom is 0.137 e. The van der Waals surface area contributed by atoms with E-state index in [1.807, 2.05) is 23.6 Å². The summed E-state index contributed by atoms with van der Waals surface area (Å²) in [4.78, 5) is 9.77. The molecule has 7 aromatic carbocycles. The Labute approximate surface area is 367 Å². The van der Waals surface area contributed by atoms with Crippen LogP contribution in [-0.2, 0) is 10.8 Å². The van der Waals surface area contributed by atoms with Crippen molar-refractivity contribution in [2.75, 3.05) is 16.5 Å². The molecular weight excluding hydrogens is 777 g/mol. The smallest absolute Gasteiger partial charge is 0.137 e. The average Bonchev–Trinajstić information content (AvgIpc) is 3.95. The van der Waals surface area contributed by atoms with Gasteiger partial charge in [0.2, 0.25) is 0 Å². The standard InChI is InChI=1S/C56H48N4OS/c1-55(2,3)39-30-40(56(4,5)6)32-42(31-39)59-35-58(47-26-22-38(29-49(47)59)36-15-8-7-9-16-36)41-18-14-19-43(33-41)61-44-24-25-46-48(34-44)60(51-21-12-13-28-57-51)53-52-45-20-11-10-17-37(45)23-27-50(52)62-54(46)53/h7-34H,35H2,1-6H3. The highest BCUT2D eigenvalue weighted by Crippen LogP contribution is 2.49. The summed E-state index contributed by atoms with van der Waals surface area (Å²) in [7, 11) is 0. The molecule has 5 nitrogen and oxygen atoms in total. The molecule has 3 aromatic heterocycles. The maximum atomic E-state index is 6.82. The quantitative estimate of drug-likeness (QED) is 0.167. The Morgan fingerprint density at radius 3 is 2.06 bits per heavy atom. The predicted molar refractivity (Wildman–Crippen MR) is 263 cm³/mol. The van der Waals surface area contributed by atoms with Crippen LogP contribution in [-0.4, -0.2) is 16.2 Å². The van der Waals surface area contributed by atoms with Gasteiger partial charge >= 0.3 is 0 Å². The van der Waals surface area contributed by atoms with E-state index in [1.54, 1.807) is 0 Å². The molecule has 0 atom stereocenters. The summed E-state index contributed by atoms with van der Waals surface area (Å²) in [5.74, 6) is 2.44. The van der Waals surface area contributed by atoms with E-state index in [0.29, 0.717) is 6.67 Å². The fraction of sp³-hybridized carbons (Fsp3) is 0.161. The molecule has 62 heavy (non-hydrogen) atoms. The second-order valence-electron chi connectivity index (χ2n) is 18.6. The second-order valence-corrected chi connectivity index (χ2v) is 19.6. The lowest BCUT2D eigenvalue weighted by atomic mass is 9.80. The summed E-state index contributed by atoms with van der Waals surface area (Å²) in [6.45, 7) is 14.5. The zero-order valence-electron chi connectivity index (χ0n) is 36.0. The Bertz CT molecular complexity index is 3300. The van der Waals surface area contributed by atoms with Crippen molar-refractivity contribution in [3.8, 4) is 28.4 Å². The third-order valence-electron chi connectivity index (χ3n) is 12.4. The Morgan fingerprint density at radius 1 is 0.548 bits per heavy atom. The molecule has 1 aliphatic heterocycles. The van der Waals surface area contributed by atoms with Crippen LogP contribution in [0.1, 0.15) is 52.7 Å². The molecule has 0 spiro atoms. The largest absolute Gasteiger partial charge is 0.457 e. The fourth-order valence-corrected chi connectivity index (χ4v) is 10.3. The molecule has 4 heterocycles. The van der Waals surface area contributed by atoms with E-state index in [9.17, 15) is 0 Å². The summed E-state index contributed by atoms with van der Waals surface area (Å²) in [6, 6.07) is 59.0. The summed E-state index contributed by atoms with van der Waals surface area (Å²) < 4.78 is 11.7. The number of hydrogen-bond donors (Lipinski definition) is 0. The van der Waals surface area contributed by atoms with Crippen molar-refractivity contribution in [3.05, 3.63) is 181 Å². The Morgan fingerprint density at radius 2 is 1.29 bits per heavy atom. The van der Waals surface area contributed by atoms with Gasteiger partial charge in [0.15, 0.2) is 0 Å². The molecule has 0 N–H and O–H groups in total. The van der Waals surface area contributed by atoms with E-state index in [2.05, 4.69) is 214 Å². The molecule has 6 heteroatoms. The monoisotopic (exact) mass is 824 g/mol. The number of hydrogen-bond acceptors (Lipinski definition) is 5. The number of anilines is 4. The van der Waals surface area contributed by atoms with Crippen LogP contribution in [0.3, 0.4) is 0 Å².